The topological polar surface area (TPSA) is 75.8 Å². The molecule has 0 radical (unpaired) electrons. The van der Waals surface area contributed by atoms with Crippen molar-refractivity contribution in [3.63, 3.8) is 0 Å². The van der Waals surface area contributed by atoms with Crippen LogP contribution in [0.5, 0.6) is 11.5 Å². The van der Waals surface area contributed by atoms with Crippen LogP contribution in [0.15, 0.2) is 42.5 Å². The van der Waals surface area contributed by atoms with Gasteiger partial charge in [0.2, 0.25) is 6.79 Å². The second kappa shape index (κ2) is 7.24. The van der Waals surface area contributed by atoms with Crippen LogP contribution in [0.2, 0.25) is 0 Å². The molecule has 1 aliphatic heterocycles. The van der Waals surface area contributed by atoms with Crippen LogP contribution in [0.3, 0.4) is 0 Å². The third kappa shape index (κ3) is 3.90. The predicted octanol–water partition coefficient (Wildman–Crippen LogP) is 1.33. The van der Waals surface area contributed by atoms with E-state index in [-0.39, 0.29) is 18.7 Å². The maximum Gasteiger partial charge on any atom is 0.282 e. The molecule has 2 N–H and O–H groups in total. The van der Waals surface area contributed by atoms with Gasteiger partial charge in [-0.3, -0.25) is 4.79 Å². The third-order valence-corrected chi connectivity index (χ3v) is 4.31. The molecule has 3 rings (SSSR count). The SMILES string of the molecule is C[C@H](C(=O)Nc1cccc(C#N)c1)[NH+](C)Cc1ccc2c(c1)OCO2. The number of quaternary nitrogens is 1. The Morgan fingerprint density at radius 1 is 1.28 bits per heavy atom. The van der Waals surface area contributed by atoms with Crippen LogP contribution < -0.4 is 19.7 Å². The van der Waals surface area contributed by atoms with Gasteiger partial charge in [-0.05, 0) is 43.3 Å². The molecule has 0 saturated heterocycles. The van der Waals surface area contributed by atoms with E-state index in [0.717, 1.165) is 22.0 Å². The number of hydrogen-bond acceptors (Lipinski definition) is 4. The first-order valence-corrected chi connectivity index (χ1v) is 8.08. The first-order valence-electron chi connectivity index (χ1n) is 8.08. The number of likely N-dealkylation sites (N-methyl/N-ethyl adjacent to an activating group) is 1. The second-order valence-corrected chi connectivity index (χ2v) is 6.11. The van der Waals surface area contributed by atoms with E-state index in [4.69, 9.17) is 14.7 Å². The number of nitrogens with zero attached hydrogens (tertiary/aromatic N) is 1. The van der Waals surface area contributed by atoms with Gasteiger partial charge in [0.1, 0.15) is 6.54 Å². The van der Waals surface area contributed by atoms with Gasteiger partial charge in [-0.25, -0.2) is 0 Å². The van der Waals surface area contributed by atoms with E-state index in [2.05, 4.69) is 11.4 Å². The lowest BCUT2D eigenvalue weighted by Gasteiger charge is -2.21. The molecule has 2 aromatic carbocycles. The van der Waals surface area contributed by atoms with E-state index in [1.54, 1.807) is 24.3 Å². The van der Waals surface area contributed by atoms with E-state index in [0.29, 0.717) is 17.8 Å². The van der Waals surface area contributed by atoms with Gasteiger partial charge in [0.15, 0.2) is 17.5 Å². The Hall–Kier alpha value is -3.04. The van der Waals surface area contributed by atoms with Crippen LogP contribution in [-0.2, 0) is 11.3 Å². The molecule has 0 fully saturated rings. The van der Waals surface area contributed by atoms with Gasteiger partial charge in [0.05, 0.1) is 18.7 Å². The van der Waals surface area contributed by atoms with Crippen molar-refractivity contribution in [1.82, 2.24) is 0 Å². The lowest BCUT2D eigenvalue weighted by molar-refractivity contribution is -0.907. The predicted molar refractivity (Wildman–Crippen MR) is 92.4 cm³/mol. The molecule has 1 heterocycles. The minimum absolute atomic E-state index is 0.0895. The Morgan fingerprint density at radius 3 is 2.88 bits per heavy atom. The molecule has 0 saturated carbocycles. The molecule has 1 amide bonds. The summed E-state index contributed by atoms with van der Waals surface area (Å²) in [6, 6.07) is 14.5. The minimum Gasteiger partial charge on any atom is -0.454 e. The number of fused-ring (bicyclic) bond motifs is 1. The summed E-state index contributed by atoms with van der Waals surface area (Å²) in [5.74, 6) is 1.41. The summed E-state index contributed by atoms with van der Waals surface area (Å²) in [6.45, 7) is 2.82. The molecular formula is C19H20N3O3+. The van der Waals surface area contributed by atoms with Gasteiger partial charge in [-0.15, -0.1) is 0 Å². The zero-order valence-electron chi connectivity index (χ0n) is 14.2. The molecule has 0 bridgehead atoms. The summed E-state index contributed by atoms with van der Waals surface area (Å²) in [6.07, 6.45) is 0. The molecule has 128 valence electrons. The molecule has 2 aromatic rings. The number of nitrogens with one attached hydrogen (secondary N) is 2. The summed E-state index contributed by atoms with van der Waals surface area (Å²) in [5.41, 5.74) is 2.23. The number of amides is 1. The maximum atomic E-state index is 12.5. The van der Waals surface area contributed by atoms with E-state index in [1.165, 1.54) is 0 Å². The van der Waals surface area contributed by atoms with Crippen molar-refractivity contribution in [2.75, 3.05) is 19.2 Å². The molecular weight excluding hydrogens is 318 g/mol. The lowest BCUT2D eigenvalue weighted by atomic mass is 10.1. The zero-order valence-corrected chi connectivity index (χ0v) is 14.2. The van der Waals surface area contributed by atoms with Crippen LogP contribution in [-0.4, -0.2) is 25.8 Å². The van der Waals surface area contributed by atoms with Gasteiger partial charge in [0, 0.05) is 11.3 Å². The Kier molecular flexibility index (Phi) is 4.87. The average molecular weight is 338 g/mol. The van der Waals surface area contributed by atoms with Crippen molar-refractivity contribution in [2.24, 2.45) is 0 Å². The van der Waals surface area contributed by atoms with E-state index >= 15 is 0 Å². The van der Waals surface area contributed by atoms with Crippen molar-refractivity contribution in [3.05, 3.63) is 53.6 Å². The summed E-state index contributed by atoms with van der Waals surface area (Å²) >= 11 is 0. The Labute approximate surface area is 146 Å². The molecule has 25 heavy (non-hydrogen) atoms. The molecule has 6 heteroatoms. The van der Waals surface area contributed by atoms with Crippen molar-refractivity contribution < 1.29 is 19.2 Å². The Morgan fingerprint density at radius 2 is 2.08 bits per heavy atom. The Balaban J connectivity index is 1.62. The van der Waals surface area contributed by atoms with E-state index in [1.807, 2.05) is 32.2 Å². The number of nitriles is 1. The molecule has 0 aliphatic carbocycles. The summed E-state index contributed by atoms with van der Waals surface area (Å²) in [5, 5.41) is 11.8. The number of anilines is 1. The number of ether oxygens (including phenoxy) is 2. The van der Waals surface area contributed by atoms with Gasteiger partial charge in [0.25, 0.3) is 5.91 Å². The zero-order chi connectivity index (χ0) is 17.8. The third-order valence-electron chi connectivity index (χ3n) is 4.31. The van der Waals surface area contributed by atoms with Crippen LogP contribution >= 0.6 is 0 Å². The summed E-state index contributed by atoms with van der Waals surface area (Å²) in [4.78, 5) is 13.5. The fourth-order valence-corrected chi connectivity index (χ4v) is 2.67. The maximum absolute atomic E-state index is 12.5. The van der Waals surface area contributed by atoms with Crippen LogP contribution in [0.25, 0.3) is 0 Å². The van der Waals surface area contributed by atoms with E-state index < -0.39 is 0 Å². The quantitative estimate of drug-likeness (QED) is 0.862. The van der Waals surface area contributed by atoms with Gasteiger partial charge < -0.3 is 19.7 Å². The fraction of sp³-hybridized carbons (Fsp3) is 0.263. The molecule has 0 aromatic heterocycles. The lowest BCUT2D eigenvalue weighted by Crippen LogP contribution is -3.12. The summed E-state index contributed by atoms with van der Waals surface area (Å²) < 4.78 is 10.7. The van der Waals surface area contributed by atoms with Crippen LogP contribution in [0, 0.1) is 11.3 Å². The van der Waals surface area contributed by atoms with E-state index in [9.17, 15) is 4.79 Å². The van der Waals surface area contributed by atoms with Gasteiger partial charge in [-0.2, -0.15) is 5.26 Å². The fourth-order valence-electron chi connectivity index (χ4n) is 2.67. The first kappa shape index (κ1) is 16.8. The molecule has 2 atom stereocenters. The highest BCUT2D eigenvalue weighted by Gasteiger charge is 2.23. The smallest absolute Gasteiger partial charge is 0.282 e. The Bertz CT molecular complexity index is 829. The molecule has 1 unspecified atom stereocenters. The standard InChI is InChI=1S/C19H19N3O3/c1-13(19(23)21-16-5-3-4-14(8-16)10-20)22(2)11-15-6-7-17-18(9-15)25-12-24-17/h3-9,13H,11-12H2,1-2H3,(H,21,23)/p+1/t13-/m1/s1. The number of benzene rings is 2. The van der Waals surface area contributed by atoms with Gasteiger partial charge in [-0.1, -0.05) is 6.07 Å². The van der Waals surface area contributed by atoms with Gasteiger partial charge >= 0.3 is 0 Å². The van der Waals surface area contributed by atoms with Crippen molar-refractivity contribution in [3.8, 4) is 17.6 Å². The highest BCUT2D eigenvalue weighted by atomic mass is 16.7. The number of hydrogen-bond donors (Lipinski definition) is 2. The number of carbonyl (C=O) groups is 1. The van der Waals surface area contributed by atoms with Crippen molar-refractivity contribution in [1.29, 1.82) is 5.26 Å². The second-order valence-electron chi connectivity index (χ2n) is 6.11. The van der Waals surface area contributed by atoms with Crippen LogP contribution in [0.4, 0.5) is 5.69 Å². The number of rotatable bonds is 5. The average Bonchev–Trinajstić information content (AvgIpc) is 3.08. The normalized spacial score (nSPS) is 14.4. The van der Waals surface area contributed by atoms with Crippen molar-refractivity contribution in [2.45, 2.75) is 19.5 Å². The highest BCUT2D eigenvalue weighted by molar-refractivity contribution is 5.93. The van der Waals surface area contributed by atoms with Crippen LogP contribution in [0.1, 0.15) is 18.1 Å². The summed E-state index contributed by atoms with van der Waals surface area (Å²) in [7, 11) is 1.97. The highest BCUT2D eigenvalue weighted by Crippen LogP contribution is 2.32. The first-order chi connectivity index (χ1) is 12.1. The molecule has 6 nitrogen and oxygen atoms in total. The minimum atomic E-state index is -0.254. The molecule has 0 spiro atoms. The largest absolute Gasteiger partial charge is 0.454 e. The number of carbonyl (C=O) groups excluding carboxylic acids is 1. The monoisotopic (exact) mass is 338 g/mol. The van der Waals surface area contributed by atoms with Crippen molar-refractivity contribution >= 4 is 11.6 Å². The molecule has 1 aliphatic rings.